The second-order valence-corrected chi connectivity index (χ2v) is 17.3. The highest BCUT2D eigenvalue weighted by atomic mass is 16.7. The second-order valence-electron chi connectivity index (χ2n) is 17.3. The van der Waals surface area contributed by atoms with Crippen molar-refractivity contribution in [1.82, 2.24) is 4.90 Å². The molecule has 3 N–H and O–H groups in total. The number of hydrogen-bond acceptors (Lipinski definition) is 14. The molecule has 0 spiro atoms. The van der Waals surface area contributed by atoms with E-state index < -0.39 is 102 Å². The maximum atomic E-state index is 14.3. The number of cyclic esters (lactones) is 1. The van der Waals surface area contributed by atoms with E-state index in [4.69, 9.17) is 37.9 Å². The molecule has 14 nitrogen and oxygen atoms in total. The third-order valence-electron chi connectivity index (χ3n) is 12.5. The molecule has 0 aliphatic carbocycles. The van der Waals surface area contributed by atoms with E-state index in [-0.39, 0.29) is 25.0 Å². The van der Waals surface area contributed by atoms with E-state index >= 15 is 0 Å². The second kappa shape index (κ2) is 17.8. The molecule has 2 bridgehead atoms. The number of aliphatic hydroxyl groups is 3. The molecular formula is C41H69NO13. The fourth-order valence-corrected chi connectivity index (χ4v) is 9.24. The van der Waals surface area contributed by atoms with E-state index in [2.05, 4.69) is 0 Å². The molecule has 0 saturated carbocycles. The van der Waals surface area contributed by atoms with E-state index in [9.17, 15) is 24.9 Å². The van der Waals surface area contributed by atoms with Crippen molar-refractivity contribution < 1.29 is 62.8 Å². The normalized spacial score (nSPS) is 46.1. The Kier molecular flexibility index (Phi) is 14.7. The van der Waals surface area contributed by atoms with Gasteiger partial charge >= 0.3 is 11.9 Å². The number of likely N-dealkylation sites (N-methyl/N-ethyl adjacent to an activating group) is 1. The number of aliphatic hydroxyl groups excluding tert-OH is 2. The summed E-state index contributed by atoms with van der Waals surface area (Å²) in [4.78, 5) is 28.8. The van der Waals surface area contributed by atoms with Crippen LogP contribution in [0.4, 0.5) is 0 Å². The SMILES string of the molecule is C/C=C/C(=O)O[C@H]1[C@H](C)O[C@@H](O[C@H]2[C@H](C)[C@@H](O[C@@H]3O[C@H](C)C[C@H](N(C)C)[C@H]3O)[C@@]3(C)CC(C)=C(O3)[C@H](C)[C@@H](O)[C@](C)(O)[C@@H](CC)OC(=O)[C@@H]2C)C[C@@]1(C)OC. The first-order valence-corrected chi connectivity index (χ1v) is 19.9. The lowest BCUT2D eigenvalue weighted by atomic mass is 9.78. The van der Waals surface area contributed by atoms with E-state index in [1.165, 1.54) is 20.1 Å². The largest absolute Gasteiger partial charge is 0.489 e. The summed E-state index contributed by atoms with van der Waals surface area (Å²) < 4.78 is 51.1. The van der Waals surface area contributed by atoms with Crippen LogP contribution in [0.25, 0.3) is 0 Å². The lowest BCUT2D eigenvalue weighted by molar-refractivity contribution is -0.317. The van der Waals surface area contributed by atoms with Gasteiger partial charge in [-0.05, 0) is 87.9 Å². The van der Waals surface area contributed by atoms with E-state index in [1.807, 2.05) is 53.6 Å². The number of carbonyl (C=O) groups is 2. The van der Waals surface area contributed by atoms with Gasteiger partial charge in [-0.1, -0.05) is 26.8 Å². The molecule has 4 aliphatic heterocycles. The summed E-state index contributed by atoms with van der Waals surface area (Å²) in [5.41, 5.74) is -3.11. The molecule has 17 atom stereocenters. The fourth-order valence-electron chi connectivity index (χ4n) is 9.24. The molecule has 4 rings (SSSR count). The van der Waals surface area contributed by atoms with Crippen molar-refractivity contribution in [3.05, 3.63) is 23.5 Å². The van der Waals surface area contributed by atoms with Crippen LogP contribution in [0.5, 0.6) is 0 Å². The van der Waals surface area contributed by atoms with Gasteiger partial charge in [0.1, 0.15) is 40.9 Å². The summed E-state index contributed by atoms with van der Waals surface area (Å²) in [6.07, 6.45) is -4.69. The highest BCUT2D eigenvalue weighted by Gasteiger charge is 2.56. The zero-order chi connectivity index (χ0) is 41.4. The molecule has 55 heavy (non-hydrogen) atoms. The molecule has 14 heteroatoms. The lowest BCUT2D eigenvalue weighted by Gasteiger charge is -2.49. The molecule has 0 radical (unpaired) electrons. The number of hydrogen-bond donors (Lipinski definition) is 3. The number of esters is 2. The van der Waals surface area contributed by atoms with Gasteiger partial charge in [0.2, 0.25) is 0 Å². The van der Waals surface area contributed by atoms with Crippen LogP contribution >= 0.6 is 0 Å². The molecule has 0 aromatic heterocycles. The van der Waals surface area contributed by atoms with Gasteiger partial charge in [0.25, 0.3) is 0 Å². The Labute approximate surface area is 327 Å². The van der Waals surface area contributed by atoms with E-state index in [0.29, 0.717) is 18.6 Å². The minimum Gasteiger partial charge on any atom is -0.489 e. The Morgan fingerprint density at radius 2 is 1.67 bits per heavy atom. The van der Waals surface area contributed by atoms with Gasteiger partial charge in [-0.15, -0.1) is 0 Å². The van der Waals surface area contributed by atoms with Crippen molar-refractivity contribution in [2.45, 2.75) is 186 Å². The van der Waals surface area contributed by atoms with Crippen molar-refractivity contribution in [2.75, 3.05) is 21.2 Å². The zero-order valence-electron chi connectivity index (χ0n) is 35.4. The maximum Gasteiger partial charge on any atom is 0.330 e. The molecule has 3 fully saturated rings. The number of rotatable bonds is 9. The van der Waals surface area contributed by atoms with Crippen LogP contribution in [-0.4, -0.2) is 138 Å². The fraction of sp³-hybridized carbons (Fsp3) is 0.854. The number of carbonyl (C=O) groups excluding carboxylic acids is 2. The summed E-state index contributed by atoms with van der Waals surface area (Å²) in [6.45, 7) is 19.7. The standard InChI is InChI=1S/C41H69NO13/c1-15-17-29(43)52-36-26(8)50-30(20-39(36,9)48-14)53-33-24(6)35(54-38-31(44)27(42(12)13)18-22(4)49-38)40(10)19-21(3)32(55-40)23(5)34(45)41(11,47)28(16-2)51-37(46)25(33)7/h15,17,22-28,30-31,33-36,38,44-45,47H,16,18-20H2,1-14H3/b17-15+/t22-,23+,24+,25-,26+,27+,28-,30+,31-,33+,34-,35-,36+,38+,39-,40-,41-/m1/s1. The topological polar surface area (TPSA) is 172 Å². The maximum absolute atomic E-state index is 14.3. The molecule has 0 aromatic rings. The lowest BCUT2D eigenvalue weighted by Crippen LogP contribution is -2.60. The molecule has 0 amide bonds. The molecule has 3 saturated heterocycles. The third-order valence-corrected chi connectivity index (χ3v) is 12.5. The van der Waals surface area contributed by atoms with Crippen molar-refractivity contribution >= 4 is 11.9 Å². The quantitative estimate of drug-likeness (QED) is 0.226. The van der Waals surface area contributed by atoms with Gasteiger partial charge in [0, 0.05) is 43.9 Å². The average Bonchev–Trinajstić information content (AvgIpc) is 3.43. The first-order chi connectivity index (χ1) is 25.5. The summed E-state index contributed by atoms with van der Waals surface area (Å²) in [5.74, 6) is -2.98. The molecule has 316 valence electrons. The predicted octanol–water partition coefficient (Wildman–Crippen LogP) is 4.02. The molecular weight excluding hydrogens is 714 g/mol. The first kappa shape index (κ1) is 45.6. The minimum absolute atomic E-state index is 0.138. The van der Waals surface area contributed by atoms with Gasteiger partial charge in [0.15, 0.2) is 18.7 Å². The highest BCUT2D eigenvalue weighted by Crippen LogP contribution is 2.47. The van der Waals surface area contributed by atoms with Crippen molar-refractivity contribution in [3.63, 3.8) is 0 Å². The molecule has 4 aliphatic rings. The van der Waals surface area contributed by atoms with E-state index in [1.54, 1.807) is 40.7 Å². The van der Waals surface area contributed by atoms with Crippen LogP contribution in [0.3, 0.4) is 0 Å². The van der Waals surface area contributed by atoms with Crippen molar-refractivity contribution in [3.8, 4) is 0 Å². The van der Waals surface area contributed by atoms with Crippen LogP contribution < -0.4 is 0 Å². The highest BCUT2D eigenvalue weighted by molar-refractivity contribution is 5.82. The van der Waals surface area contributed by atoms with Crippen molar-refractivity contribution in [2.24, 2.45) is 17.8 Å². The monoisotopic (exact) mass is 783 g/mol. The van der Waals surface area contributed by atoms with Crippen LogP contribution in [-0.2, 0) is 47.5 Å². The first-order valence-electron chi connectivity index (χ1n) is 19.9. The van der Waals surface area contributed by atoms with Gasteiger partial charge in [-0.25, -0.2) is 4.79 Å². The number of fused-ring (bicyclic) bond motifs is 2. The molecule has 4 heterocycles. The van der Waals surface area contributed by atoms with Gasteiger partial charge in [-0.3, -0.25) is 4.79 Å². The molecule has 0 aromatic carbocycles. The number of ether oxygens (including phenoxy) is 8. The number of nitrogens with zero attached hydrogens (tertiary/aromatic N) is 1. The summed E-state index contributed by atoms with van der Waals surface area (Å²) in [7, 11) is 5.34. The Bertz CT molecular complexity index is 1400. The summed E-state index contributed by atoms with van der Waals surface area (Å²) in [5, 5.41) is 35.2. The smallest absolute Gasteiger partial charge is 0.330 e. The van der Waals surface area contributed by atoms with Gasteiger partial charge in [-0.2, -0.15) is 0 Å². The van der Waals surface area contributed by atoms with Crippen molar-refractivity contribution in [1.29, 1.82) is 0 Å². The van der Waals surface area contributed by atoms with Crippen LogP contribution in [0.2, 0.25) is 0 Å². The van der Waals surface area contributed by atoms with Crippen LogP contribution in [0.15, 0.2) is 23.5 Å². The average molecular weight is 784 g/mol. The molecule has 0 unspecified atom stereocenters. The predicted molar refractivity (Wildman–Crippen MR) is 202 cm³/mol. The van der Waals surface area contributed by atoms with Gasteiger partial charge in [0.05, 0.1) is 30.3 Å². The Morgan fingerprint density at radius 3 is 2.25 bits per heavy atom. The van der Waals surface area contributed by atoms with Crippen LogP contribution in [0.1, 0.15) is 102 Å². The number of allylic oxidation sites excluding steroid dienone is 1. The minimum atomic E-state index is -1.84. The number of methoxy groups -OCH3 is 1. The van der Waals surface area contributed by atoms with E-state index in [0.717, 1.165) is 5.57 Å². The third kappa shape index (κ3) is 9.44. The Hall–Kier alpha value is -2.14. The Morgan fingerprint density at radius 1 is 1.02 bits per heavy atom. The summed E-state index contributed by atoms with van der Waals surface area (Å²) in [6, 6.07) is -0.255. The van der Waals surface area contributed by atoms with Gasteiger partial charge < -0.3 is 58.1 Å². The summed E-state index contributed by atoms with van der Waals surface area (Å²) >= 11 is 0. The Balaban J connectivity index is 1.82. The zero-order valence-corrected chi connectivity index (χ0v) is 35.4. The van der Waals surface area contributed by atoms with Crippen LogP contribution in [0, 0.1) is 17.8 Å².